The monoisotopic (exact) mass is 405 g/mol. The van der Waals surface area contributed by atoms with Crippen molar-refractivity contribution in [1.82, 2.24) is 29.5 Å². The molecule has 1 aliphatic rings. The molecule has 0 amide bonds. The van der Waals surface area contributed by atoms with Crippen LogP contribution >= 0.6 is 0 Å². The molecule has 154 valence electrons. The van der Waals surface area contributed by atoms with Crippen molar-refractivity contribution in [3.8, 4) is 11.3 Å². The summed E-state index contributed by atoms with van der Waals surface area (Å²) in [6.45, 7) is 6.44. The minimum atomic E-state index is -0.382. The number of halogens is 1. The molecule has 2 N–H and O–H groups in total. The maximum absolute atomic E-state index is 13.8. The number of aromatic nitrogens is 6. The number of nitrogens with zero attached hydrogens (tertiary/aromatic N) is 5. The summed E-state index contributed by atoms with van der Waals surface area (Å²) in [6, 6.07) is 3.38. The Bertz CT molecular complexity index is 1230. The summed E-state index contributed by atoms with van der Waals surface area (Å²) in [6.07, 6.45) is 9.15. The number of anilines is 1. The van der Waals surface area contributed by atoms with E-state index in [1.165, 1.54) is 18.0 Å². The van der Waals surface area contributed by atoms with E-state index in [0.29, 0.717) is 11.3 Å². The largest absolute Gasteiger partial charge is 0.364 e. The number of aryl methyl sites for hydroxylation is 1. The third-order valence-electron chi connectivity index (χ3n) is 5.84. The molecule has 30 heavy (non-hydrogen) atoms. The Balaban J connectivity index is 1.62. The van der Waals surface area contributed by atoms with Gasteiger partial charge in [-0.05, 0) is 31.7 Å². The van der Waals surface area contributed by atoms with E-state index < -0.39 is 0 Å². The first-order valence-corrected chi connectivity index (χ1v) is 10.2. The van der Waals surface area contributed by atoms with Crippen molar-refractivity contribution in [2.24, 2.45) is 0 Å². The van der Waals surface area contributed by atoms with Crippen LogP contribution in [0.2, 0.25) is 0 Å². The van der Waals surface area contributed by atoms with E-state index in [2.05, 4.69) is 46.1 Å². The highest BCUT2D eigenvalue weighted by atomic mass is 19.1. The molecule has 0 saturated heterocycles. The molecule has 0 aliphatic heterocycles. The van der Waals surface area contributed by atoms with Gasteiger partial charge in [0.05, 0.1) is 30.1 Å². The summed E-state index contributed by atoms with van der Waals surface area (Å²) in [5.74, 6) is 0.713. The summed E-state index contributed by atoms with van der Waals surface area (Å²) in [5.41, 5.74) is 5.27. The summed E-state index contributed by atoms with van der Waals surface area (Å²) < 4.78 is 15.7. The number of H-pyrrole nitrogens is 1. The molecular formula is C22H24FN7. The van der Waals surface area contributed by atoms with Gasteiger partial charge in [-0.15, -0.1) is 0 Å². The first-order valence-electron chi connectivity index (χ1n) is 10.2. The highest BCUT2D eigenvalue weighted by molar-refractivity contribution is 5.68. The summed E-state index contributed by atoms with van der Waals surface area (Å²) in [5, 5.41) is 8.31. The highest BCUT2D eigenvalue weighted by Crippen LogP contribution is 2.32. The molecular weight excluding hydrogens is 381 g/mol. The topological polar surface area (TPSA) is 83.8 Å². The first-order chi connectivity index (χ1) is 14.4. The Morgan fingerprint density at radius 3 is 2.90 bits per heavy atom. The quantitative estimate of drug-likeness (QED) is 0.533. The molecule has 0 aromatic carbocycles. The molecule has 4 aromatic heterocycles. The molecule has 0 radical (unpaired) electrons. The molecule has 4 heterocycles. The third kappa shape index (κ3) is 3.22. The minimum Gasteiger partial charge on any atom is -0.364 e. The second-order valence-electron chi connectivity index (χ2n) is 8.60. The van der Waals surface area contributed by atoms with Gasteiger partial charge in [-0.25, -0.2) is 14.4 Å². The summed E-state index contributed by atoms with van der Waals surface area (Å²) >= 11 is 0. The molecule has 5 rings (SSSR count). The van der Waals surface area contributed by atoms with Crippen molar-refractivity contribution < 1.29 is 4.39 Å². The van der Waals surface area contributed by atoms with Crippen molar-refractivity contribution in [3.05, 3.63) is 59.8 Å². The number of rotatable bonds is 4. The van der Waals surface area contributed by atoms with Gasteiger partial charge in [0.25, 0.3) is 0 Å². The summed E-state index contributed by atoms with van der Waals surface area (Å²) in [4.78, 5) is 16.5. The van der Waals surface area contributed by atoms with Gasteiger partial charge < -0.3 is 10.3 Å². The molecule has 7 nitrogen and oxygen atoms in total. The number of nitrogens with one attached hydrogen (secondary N) is 2. The van der Waals surface area contributed by atoms with E-state index in [-0.39, 0.29) is 17.3 Å². The van der Waals surface area contributed by atoms with E-state index in [9.17, 15) is 4.39 Å². The van der Waals surface area contributed by atoms with Crippen molar-refractivity contribution in [1.29, 1.82) is 0 Å². The second kappa shape index (κ2) is 6.90. The molecule has 1 atom stereocenters. The number of hydrogen-bond donors (Lipinski definition) is 2. The number of pyridine rings is 1. The predicted octanol–water partition coefficient (Wildman–Crippen LogP) is 4.14. The van der Waals surface area contributed by atoms with E-state index in [0.717, 1.165) is 42.0 Å². The van der Waals surface area contributed by atoms with Crippen LogP contribution in [0, 0.1) is 5.82 Å². The maximum atomic E-state index is 13.8. The zero-order chi connectivity index (χ0) is 20.9. The smallest absolute Gasteiger partial charge is 0.161 e. The molecule has 1 unspecified atom stereocenters. The maximum Gasteiger partial charge on any atom is 0.161 e. The lowest BCUT2D eigenvalue weighted by Crippen LogP contribution is -2.41. The van der Waals surface area contributed by atoms with Gasteiger partial charge in [-0.3, -0.25) is 4.98 Å². The molecule has 0 fully saturated rings. The lowest BCUT2D eigenvalue weighted by atomic mass is 9.84. The standard InChI is InChI=1S/C22H24FN7/c1-13(2)16-11-27-30-20(29-22(3)5-4-17-19(8-22)26-12-25-17)7-18(28-21(16)30)14-6-15(23)10-24-9-14/h6-7,9-13,29H,4-5,8H2,1-3H3,(H,25,26). The minimum absolute atomic E-state index is 0.171. The van der Waals surface area contributed by atoms with Crippen LogP contribution in [-0.2, 0) is 12.8 Å². The fourth-order valence-electron chi connectivity index (χ4n) is 4.18. The lowest BCUT2D eigenvalue weighted by Gasteiger charge is -2.35. The van der Waals surface area contributed by atoms with Crippen LogP contribution in [0.3, 0.4) is 0 Å². The van der Waals surface area contributed by atoms with E-state index in [4.69, 9.17) is 4.98 Å². The summed E-state index contributed by atoms with van der Waals surface area (Å²) in [7, 11) is 0. The van der Waals surface area contributed by atoms with Crippen molar-refractivity contribution >= 4 is 11.5 Å². The van der Waals surface area contributed by atoms with E-state index in [1.54, 1.807) is 12.5 Å². The molecule has 0 bridgehead atoms. The normalized spacial score (nSPS) is 18.7. The van der Waals surface area contributed by atoms with Crippen molar-refractivity contribution in [3.63, 3.8) is 0 Å². The van der Waals surface area contributed by atoms with Crippen molar-refractivity contribution in [2.45, 2.75) is 51.5 Å². The SMILES string of the molecule is CC(C)c1cnn2c(NC3(C)CCc4nc[nH]c4C3)cc(-c3cncc(F)c3)nc12. The van der Waals surface area contributed by atoms with Gasteiger partial charge in [-0.2, -0.15) is 9.61 Å². The molecule has 0 spiro atoms. The average molecular weight is 405 g/mol. The Labute approximate surface area is 173 Å². The van der Waals surface area contributed by atoms with Crippen LogP contribution < -0.4 is 5.32 Å². The van der Waals surface area contributed by atoms with Crippen LogP contribution in [0.25, 0.3) is 16.9 Å². The molecule has 8 heteroatoms. The molecule has 4 aromatic rings. The van der Waals surface area contributed by atoms with Crippen LogP contribution in [0.5, 0.6) is 0 Å². The Morgan fingerprint density at radius 1 is 1.23 bits per heavy atom. The Hall–Kier alpha value is -3.29. The fourth-order valence-corrected chi connectivity index (χ4v) is 4.18. The van der Waals surface area contributed by atoms with Gasteiger partial charge in [0.1, 0.15) is 11.6 Å². The zero-order valence-corrected chi connectivity index (χ0v) is 17.3. The average Bonchev–Trinajstić information content (AvgIpc) is 3.34. The first kappa shape index (κ1) is 18.7. The Morgan fingerprint density at radius 2 is 2.10 bits per heavy atom. The van der Waals surface area contributed by atoms with Crippen LogP contribution in [0.15, 0.2) is 37.1 Å². The third-order valence-corrected chi connectivity index (χ3v) is 5.84. The lowest BCUT2D eigenvalue weighted by molar-refractivity contribution is 0.435. The van der Waals surface area contributed by atoms with Gasteiger partial charge in [0, 0.05) is 41.0 Å². The van der Waals surface area contributed by atoms with Crippen LogP contribution in [0.1, 0.15) is 50.1 Å². The predicted molar refractivity (Wildman–Crippen MR) is 113 cm³/mol. The second-order valence-corrected chi connectivity index (χ2v) is 8.60. The van der Waals surface area contributed by atoms with E-state index in [1.807, 2.05) is 16.8 Å². The number of hydrogen-bond acceptors (Lipinski definition) is 5. The Kier molecular flexibility index (Phi) is 4.30. The van der Waals surface area contributed by atoms with Gasteiger partial charge in [0.15, 0.2) is 5.65 Å². The molecule has 1 aliphatic carbocycles. The van der Waals surface area contributed by atoms with E-state index >= 15 is 0 Å². The number of fused-ring (bicyclic) bond motifs is 2. The van der Waals surface area contributed by atoms with Crippen LogP contribution in [-0.4, -0.2) is 35.1 Å². The van der Waals surface area contributed by atoms with Crippen molar-refractivity contribution in [2.75, 3.05) is 5.32 Å². The molecule has 0 saturated carbocycles. The van der Waals surface area contributed by atoms with Gasteiger partial charge in [0.2, 0.25) is 0 Å². The zero-order valence-electron chi connectivity index (χ0n) is 17.3. The van der Waals surface area contributed by atoms with Gasteiger partial charge >= 0.3 is 0 Å². The number of aromatic amines is 1. The van der Waals surface area contributed by atoms with Crippen LogP contribution in [0.4, 0.5) is 10.2 Å². The van der Waals surface area contributed by atoms with Gasteiger partial charge in [-0.1, -0.05) is 13.8 Å². The highest BCUT2D eigenvalue weighted by Gasteiger charge is 2.32. The number of imidazole rings is 1. The fraction of sp³-hybridized carbons (Fsp3) is 0.364.